The third-order valence-corrected chi connectivity index (χ3v) is 7.21. The number of benzene rings is 2. The molecule has 2 N–H and O–H groups in total. The van der Waals surface area contributed by atoms with Gasteiger partial charge in [-0.2, -0.15) is 8.42 Å². The SMILES string of the molecule is C=C1NCC(CS(=O)c2ccc(C)cc2NS(=O)(=O)c2cc3ccccc3o2)O1. The quantitative estimate of drug-likeness (QED) is 0.621. The molecule has 1 aliphatic heterocycles. The third kappa shape index (κ3) is 4.15. The van der Waals surface area contributed by atoms with Crippen LogP contribution in [0.15, 0.2) is 75.4 Å². The van der Waals surface area contributed by atoms with Crippen LogP contribution in [0.2, 0.25) is 0 Å². The summed E-state index contributed by atoms with van der Waals surface area (Å²) in [6.07, 6.45) is -0.288. The van der Waals surface area contributed by atoms with Crippen molar-refractivity contribution in [3.63, 3.8) is 0 Å². The molecule has 0 amide bonds. The highest BCUT2D eigenvalue weighted by Crippen LogP contribution is 2.28. The number of rotatable bonds is 6. The molecular weight excluding hydrogens is 412 g/mol. The van der Waals surface area contributed by atoms with Crippen LogP contribution in [0.25, 0.3) is 11.0 Å². The van der Waals surface area contributed by atoms with Crippen molar-refractivity contribution in [3.05, 3.63) is 66.6 Å². The number of anilines is 1. The van der Waals surface area contributed by atoms with Gasteiger partial charge in [0.2, 0.25) is 5.09 Å². The van der Waals surface area contributed by atoms with Gasteiger partial charge < -0.3 is 14.5 Å². The second kappa shape index (κ2) is 7.57. The van der Waals surface area contributed by atoms with Gasteiger partial charge in [0.25, 0.3) is 10.0 Å². The summed E-state index contributed by atoms with van der Waals surface area (Å²) >= 11 is 0. The van der Waals surface area contributed by atoms with Crippen molar-refractivity contribution in [1.29, 1.82) is 0 Å². The number of hydrogen-bond donors (Lipinski definition) is 2. The molecule has 9 heteroatoms. The van der Waals surface area contributed by atoms with Gasteiger partial charge in [-0.1, -0.05) is 24.3 Å². The standard InChI is InChI=1S/C20H20N2O5S2/c1-13-7-8-19(28(23)12-16-11-21-14(2)26-16)17(9-13)22-29(24,25)20-10-15-5-3-4-6-18(15)27-20/h3-10,16,21-22H,2,11-12H2,1H3. The van der Waals surface area contributed by atoms with Crippen molar-refractivity contribution in [2.24, 2.45) is 0 Å². The summed E-state index contributed by atoms with van der Waals surface area (Å²) < 4.78 is 52.2. The monoisotopic (exact) mass is 432 g/mol. The zero-order valence-electron chi connectivity index (χ0n) is 15.7. The van der Waals surface area contributed by atoms with E-state index in [4.69, 9.17) is 9.15 Å². The molecular formula is C20H20N2O5S2. The molecule has 2 unspecified atom stereocenters. The van der Waals surface area contributed by atoms with E-state index in [1.54, 1.807) is 42.5 Å². The summed E-state index contributed by atoms with van der Waals surface area (Å²) in [5.41, 5.74) is 1.57. The Morgan fingerprint density at radius 1 is 1.24 bits per heavy atom. The summed E-state index contributed by atoms with van der Waals surface area (Å²) in [7, 11) is -5.47. The van der Waals surface area contributed by atoms with Crippen molar-refractivity contribution < 1.29 is 21.8 Å². The number of sulfonamides is 1. The van der Waals surface area contributed by atoms with Crippen molar-refractivity contribution in [3.8, 4) is 0 Å². The highest BCUT2D eigenvalue weighted by Gasteiger charge is 2.25. The predicted octanol–water partition coefficient (Wildman–Crippen LogP) is 3.11. The Morgan fingerprint density at radius 3 is 2.76 bits per heavy atom. The van der Waals surface area contributed by atoms with Crippen molar-refractivity contribution in [2.75, 3.05) is 17.0 Å². The summed E-state index contributed by atoms with van der Waals surface area (Å²) in [6.45, 7) is 6.02. The molecule has 1 fully saturated rings. The van der Waals surface area contributed by atoms with Gasteiger partial charge in [0.05, 0.1) is 33.7 Å². The molecule has 0 bridgehead atoms. The minimum absolute atomic E-state index is 0.198. The first-order valence-corrected chi connectivity index (χ1v) is 11.7. The van der Waals surface area contributed by atoms with Crippen LogP contribution in [0, 0.1) is 6.92 Å². The maximum absolute atomic E-state index is 12.9. The maximum Gasteiger partial charge on any atom is 0.295 e. The highest BCUT2D eigenvalue weighted by atomic mass is 32.2. The van der Waals surface area contributed by atoms with Gasteiger partial charge in [-0.15, -0.1) is 0 Å². The largest absolute Gasteiger partial charge is 0.474 e. The maximum atomic E-state index is 12.9. The third-order valence-electron chi connectivity index (χ3n) is 4.47. The van der Waals surface area contributed by atoms with Crippen LogP contribution in [0.5, 0.6) is 0 Å². The molecule has 1 aliphatic rings. The number of furan rings is 1. The van der Waals surface area contributed by atoms with Gasteiger partial charge in [-0.3, -0.25) is 8.93 Å². The zero-order chi connectivity index (χ0) is 20.6. The van der Waals surface area contributed by atoms with E-state index in [2.05, 4.69) is 16.6 Å². The summed E-state index contributed by atoms with van der Waals surface area (Å²) in [6, 6.07) is 13.6. The van der Waals surface area contributed by atoms with Crippen LogP contribution >= 0.6 is 0 Å². The van der Waals surface area contributed by atoms with Crippen LogP contribution in [-0.2, 0) is 25.6 Å². The average molecular weight is 433 g/mol. The molecule has 0 radical (unpaired) electrons. The minimum atomic E-state index is -3.99. The van der Waals surface area contributed by atoms with Crippen LogP contribution in [0.4, 0.5) is 5.69 Å². The topological polar surface area (TPSA) is 97.6 Å². The van der Waals surface area contributed by atoms with E-state index >= 15 is 0 Å². The molecule has 2 heterocycles. The van der Waals surface area contributed by atoms with Gasteiger partial charge in [0.15, 0.2) is 5.88 Å². The Bertz CT molecular complexity index is 1180. The normalized spacial score (nSPS) is 17.7. The zero-order valence-corrected chi connectivity index (χ0v) is 17.3. The van der Waals surface area contributed by atoms with Crippen LogP contribution in [0.3, 0.4) is 0 Å². The first kappa shape index (κ1) is 19.5. The fraction of sp³-hybridized carbons (Fsp3) is 0.200. The van der Waals surface area contributed by atoms with Crippen LogP contribution < -0.4 is 10.0 Å². The summed E-state index contributed by atoms with van der Waals surface area (Å²) in [5.74, 6) is 0.663. The van der Waals surface area contributed by atoms with Crippen molar-refractivity contribution in [2.45, 2.75) is 23.0 Å². The van der Waals surface area contributed by atoms with Crippen LogP contribution in [-0.4, -0.2) is 31.0 Å². The molecule has 0 saturated carbocycles. The molecule has 1 aromatic heterocycles. The number of hydrogen-bond acceptors (Lipinski definition) is 6. The second-order valence-corrected chi connectivity index (χ2v) is 9.84. The number of fused-ring (bicyclic) bond motifs is 1. The number of para-hydroxylation sites is 1. The fourth-order valence-corrected chi connectivity index (χ4v) is 5.45. The molecule has 2 aromatic carbocycles. The summed E-state index contributed by atoms with van der Waals surface area (Å²) in [4.78, 5) is 0.386. The lowest BCUT2D eigenvalue weighted by atomic mass is 10.2. The lowest BCUT2D eigenvalue weighted by Gasteiger charge is -2.14. The predicted molar refractivity (Wildman–Crippen MR) is 111 cm³/mol. The van der Waals surface area contributed by atoms with E-state index in [1.165, 1.54) is 6.07 Å². The van der Waals surface area contributed by atoms with Gasteiger partial charge in [-0.05, 0) is 37.3 Å². The molecule has 4 rings (SSSR count). The molecule has 2 atom stereocenters. The molecule has 1 saturated heterocycles. The smallest absolute Gasteiger partial charge is 0.295 e. The Labute approximate surface area is 171 Å². The Hall–Kier alpha value is -2.78. The molecule has 152 valence electrons. The lowest BCUT2D eigenvalue weighted by Crippen LogP contribution is -2.22. The Balaban J connectivity index is 1.62. The van der Waals surface area contributed by atoms with Gasteiger partial charge in [-0.25, -0.2) is 0 Å². The van der Waals surface area contributed by atoms with E-state index in [9.17, 15) is 12.6 Å². The van der Waals surface area contributed by atoms with Crippen LogP contribution in [0.1, 0.15) is 5.56 Å². The average Bonchev–Trinajstić information content (AvgIpc) is 3.28. The Kier molecular flexibility index (Phi) is 5.10. The van der Waals surface area contributed by atoms with Crippen molar-refractivity contribution in [1.82, 2.24) is 5.32 Å². The highest BCUT2D eigenvalue weighted by molar-refractivity contribution is 7.92. The first-order chi connectivity index (χ1) is 13.8. The number of aryl methyl sites for hydroxylation is 1. The van der Waals surface area contributed by atoms with Crippen molar-refractivity contribution >= 4 is 37.5 Å². The van der Waals surface area contributed by atoms with E-state index in [-0.39, 0.29) is 22.6 Å². The van der Waals surface area contributed by atoms with E-state index in [0.717, 1.165) is 5.56 Å². The first-order valence-electron chi connectivity index (χ1n) is 8.92. The van der Waals surface area contributed by atoms with Gasteiger partial charge in [0.1, 0.15) is 11.7 Å². The molecule has 0 aliphatic carbocycles. The molecule has 7 nitrogen and oxygen atoms in total. The van der Waals surface area contributed by atoms with Gasteiger partial charge in [0, 0.05) is 11.5 Å². The number of nitrogens with one attached hydrogen (secondary N) is 2. The second-order valence-electron chi connectivity index (χ2n) is 6.76. The van der Waals surface area contributed by atoms with Gasteiger partial charge >= 0.3 is 0 Å². The van der Waals surface area contributed by atoms with E-state index in [0.29, 0.717) is 28.3 Å². The fourth-order valence-electron chi connectivity index (χ4n) is 3.07. The van der Waals surface area contributed by atoms with E-state index < -0.39 is 20.8 Å². The Morgan fingerprint density at radius 2 is 2.03 bits per heavy atom. The van der Waals surface area contributed by atoms with E-state index in [1.807, 2.05) is 6.92 Å². The lowest BCUT2D eigenvalue weighted by molar-refractivity contribution is 0.188. The molecule has 0 spiro atoms. The summed E-state index contributed by atoms with van der Waals surface area (Å²) in [5, 5.41) is 3.44. The minimum Gasteiger partial charge on any atom is -0.474 e. The number of ether oxygens (including phenoxy) is 1. The molecule has 29 heavy (non-hydrogen) atoms. The molecule has 3 aromatic rings.